The molecule has 0 amide bonds. The molecule has 0 saturated carbocycles. The van der Waals surface area contributed by atoms with Gasteiger partial charge < -0.3 is 9.84 Å². The van der Waals surface area contributed by atoms with Gasteiger partial charge in [-0.15, -0.1) is 0 Å². The largest absolute Gasteiger partial charge is 0.493 e. The summed E-state index contributed by atoms with van der Waals surface area (Å²) in [7, 11) is 0. The monoisotopic (exact) mass is 248 g/mol. The molecule has 3 heteroatoms. The molecule has 2 nitrogen and oxygen atoms in total. The van der Waals surface area contributed by atoms with E-state index in [1.165, 1.54) is 10.8 Å². The maximum absolute atomic E-state index is 8.64. The molecule has 0 bridgehead atoms. The van der Waals surface area contributed by atoms with E-state index in [-0.39, 0.29) is 6.61 Å². The van der Waals surface area contributed by atoms with Gasteiger partial charge in [0.2, 0.25) is 0 Å². The van der Waals surface area contributed by atoms with Gasteiger partial charge in [-0.3, -0.25) is 0 Å². The second kappa shape index (κ2) is 6.52. The fraction of sp³-hybridized carbons (Fsp3) is 0.286. The Bertz CT molecular complexity index is 470. The maximum atomic E-state index is 8.64. The standard InChI is InChI=1S/C14H16O2S/c15-7-9-17-10-8-16-14-6-5-12-3-1-2-4-13(12)11-14/h1-6,11,15H,7-10H2. The third-order valence-corrected chi connectivity index (χ3v) is 3.38. The lowest BCUT2D eigenvalue weighted by Gasteiger charge is -2.06. The van der Waals surface area contributed by atoms with E-state index in [0.29, 0.717) is 6.61 Å². The summed E-state index contributed by atoms with van der Waals surface area (Å²) in [6, 6.07) is 14.4. The highest BCUT2D eigenvalue weighted by atomic mass is 32.2. The molecule has 0 aliphatic rings. The van der Waals surface area contributed by atoms with Gasteiger partial charge in [-0.25, -0.2) is 0 Å². The topological polar surface area (TPSA) is 29.5 Å². The van der Waals surface area contributed by atoms with Crippen LogP contribution in [0.4, 0.5) is 0 Å². The third-order valence-electron chi connectivity index (χ3n) is 2.45. The first kappa shape index (κ1) is 12.3. The summed E-state index contributed by atoms with van der Waals surface area (Å²) in [4.78, 5) is 0. The summed E-state index contributed by atoms with van der Waals surface area (Å²) in [6.07, 6.45) is 0. The predicted molar refractivity (Wildman–Crippen MR) is 73.9 cm³/mol. The molecule has 90 valence electrons. The quantitative estimate of drug-likeness (QED) is 0.797. The van der Waals surface area contributed by atoms with Crippen molar-refractivity contribution >= 4 is 22.5 Å². The number of aliphatic hydroxyl groups excluding tert-OH is 1. The average molecular weight is 248 g/mol. The molecule has 17 heavy (non-hydrogen) atoms. The van der Waals surface area contributed by atoms with Crippen LogP contribution in [0, 0.1) is 0 Å². The molecule has 2 aromatic rings. The normalized spacial score (nSPS) is 10.6. The highest BCUT2D eigenvalue weighted by Gasteiger charge is 1.96. The van der Waals surface area contributed by atoms with Crippen LogP contribution in [0.1, 0.15) is 0 Å². The highest BCUT2D eigenvalue weighted by molar-refractivity contribution is 7.99. The number of aliphatic hydroxyl groups is 1. The van der Waals surface area contributed by atoms with Gasteiger partial charge in [-0.2, -0.15) is 11.8 Å². The molecule has 2 aromatic carbocycles. The van der Waals surface area contributed by atoms with Gasteiger partial charge in [-0.05, 0) is 22.9 Å². The van der Waals surface area contributed by atoms with Crippen LogP contribution in [0.15, 0.2) is 42.5 Å². The Balaban J connectivity index is 1.90. The van der Waals surface area contributed by atoms with Crippen molar-refractivity contribution in [1.29, 1.82) is 0 Å². The Morgan fingerprint density at radius 3 is 2.65 bits per heavy atom. The van der Waals surface area contributed by atoms with E-state index in [4.69, 9.17) is 9.84 Å². The van der Waals surface area contributed by atoms with Crippen LogP contribution in [0.25, 0.3) is 10.8 Å². The van der Waals surface area contributed by atoms with E-state index in [0.717, 1.165) is 17.3 Å². The summed E-state index contributed by atoms with van der Waals surface area (Å²) in [6.45, 7) is 0.920. The smallest absolute Gasteiger partial charge is 0.119 e. The molecule has 0 unspecified atom stereocenters. The summed E-state index contributed by atoms with van der Waals surface area (Å²) in [5.74, 6) is 2.60. The molecule has 0 atom stereocenters. The lowest BCUT2D eigenvalue weighted by molar-refractivity contribution is 0.321. The van der Waals surface area contributed by atoms with Crippen molar-refractivity contribution in [3.05, 3.63) is 42.5 Å². The molecule has 0 spiro atoms. The third kappa shape index (κ3) is 3.65. The first-order chi connectivity index (χ1) is 8.40. The van der Waals surface area contributed by atoms with Crippen molar-refractivity contribution in [2.24, 2.45) is 0 Å². The predicted octanol–water partition coefficient (Wildman–Crippen LogP) is 2.94. The van der Waals surface area contributed by atoms with E-state index in [1.54, 1.807) is 11.8 Å². The Morgan fingerprint density at radius 1 is 1.00 bits per heavy atom. The second-order valence-corrected chi connectivity index (χ2v) is 4.92. The van der Waals surface area contributed by atoms with Crippen molar-refractivity contribution in [2.45, 2.75) is 0 Å². The van der Waals surface area contributed by atoms with E-state index in [9.17, 15) is 0 Å². The first-order valence-electron chi connectivity index (χ1n) is 5.70. The summed E-state index contributed by atoms with van der Waals surface area (Å²) in [5, 5.41) is 11.1. The molecular weight excluding hydrogens is 232 g/mol. The number of rotatable bonds is 6. The van der Waals surface area contributed by atoms with Crippen molar-refractivity contribution in [3.63, 3.8) is 0 Å². The number of hydrogen-bond acceptors (Lipinski definition) is 3. The number of fused-ring (bicyclic) bond motifs is 1. The second-order valence-electron chi connectivity index (χ2n) is 3.69. The zero-order valence-electron chi connectivity index (χ0n) is 9.63. The van der Waals surface area contributed by atoms with Gasteiger partial charge in [0.05, 0.1) is 13.2 Å². The van der Waals surface area contributed by atoms with Crippen LogP contribution >= 0.6 is 11.8 Å². The minimum Gasteiger partial charge on any atom is -0.493 e. The fourth-order valence-corrected chi connectivity index (χ4v) is 2.18. The number of benzene rings is 2. The van der Waals surface area contributed by atoms with Gasteiger partial charge in [0.1, 0.15) is 5.75 Å². The van der Waals surface area contributed by atoms with Crippen LogP contribution in [0.5, 0.6) is 5.75 Å². The van der Waals surface area contributed by atoms with Crippen molar-refractivity contribution < 1.29 is 9.84 Å². The molecule has 0 aliphatic carbocycles. The lowest BCUT2D eigenvalue weighted by Crippen LogP contribution is -2.01. The van der Waals surface area contributed by atoms with Gasteiger partial charge in [0.15, 0.2) is 0 Å². The van der Waals surface area contributed by atoms with Crippen molar-refractivity contribution in [3.8, 4) is 5.75 Å². The zero-order valence-corrected chi connectivity index (χ0v) is 10.5. The molecule has 0 fully saturated rings. The highest BCUT2D eigenvalue weighted by Crippen LogP contribution is 2.20. The maximum Gasteiger partial charge on any atom is 0.119 e. The van der Waals surface area contributed by atoms with Crippen LogP contribution in [0.3, 0.4) is 0 Å². The van der Waals surface area contributed by atoms with Gasteiger partial charge in [0, 0.05) is 11.5 Å². The van der Waals surface area contributed by atoms with Crippen LogP contribution in [-0.4, -0.2) is 29.8 Å². The molecule has 1 N–H and O–H groups in total. The molecule has 0 radical (unpaired) electrons. The van der Waals surface area contributed by atoms with E-state index >= 15 is 0 Å². The number of ether oxygens (including phenoxy) is 1. The Hall–Kier alpha value is -1.19. The van der Waals surface area contributed by atoms with Crippen LogP contribution in [0.2, 0.25) is 0 Å². The van der Waals surface area contributed by atoms with E-state index in [1.807, 2.05) is 18.2 Å². The van der Waals surface area contributed by atoms with E-state index < -0.39 is 0 Å². The van der Waals surface area contributed by atoms with Crippen LogP contribution < -0.4 is 4.74 Å². The molecule has 0 saturated heterocycles. The minimum atomic E-state index is 0.237. The van der Waals surface area contributed by atoms with Gasteiger partial charge in [-0.1, -0.05) is 30.3 Å². The molecule has 0 aromatic heterocycles. The Morgan fingerprint density at radius 2 is 1.82 bits per heavy atom. The van der Waals surface area contributed by atoms with Gasteiger partial charge in [0.25, 0.3) is 0 Å². The summed E-state index contributed by atoms with van der Waals surface area (Å²) in [5.41, 5.74) is 0. The first-order valence-corrected chi connectivity index (χ1v) is 6.86. The lowest BCUT2D eigenvalue weighted by atomic mass is 10.1. The summed E-state index contributed by atoms with van der Waals surface area (Å²) < 4.78 is 5.66. The van der Waals surface area contributed by atoms with Gasteiger partial charge >= 0.3 is 0 Å². The zero-order chi connectivity index (χ0) is 11.9. The van der Waals surface area contributed by atoms with Crippen molar-refractivity contribution in [1.82, 2.24) is 0 Å². The Kier molecular flexibility index (Phi) is 4.71. The van der Waals surface area contributed by atoms with Crippen LogP contribution in [-0.2, 0) is 0 Å². The molecule has 0 aliphatic heterocycles. The SMILES string of the molecule is OCCSCCOc1ccc2ccccc2c1. The molecular formula is C14H16O2S. The summed E-state index contributed by atoms with van der Waals surface area (Å²) >= 11 is 1.70. The number of thioether (sulfide) groups is 1. The molecule has 2 rings (SSSR count). The minimum absolute atomic E-state index is 0.237. The molecule has 0 heterocycles. The van der Waals surface area contributed by atoms with Crippen molar-refractivity contribution in [2.75, 3.05) is 24.7 Å². The fourth-order valence-electron chi connectivity index (χ4n) is 1.64. The average Bonchev–Trinajstić information content (AvgIpc) is 2.38. The van der Waals surface area contributed by atoms with E-state index in [2.05, 4.69) is 24.3 Å². The Labute approximate surface area is 106 Å². The number of hydrogen-bond donors (Lipinski definition) is 1.